The van der Waals surface area contributed by atoms with Gasteiger partial charge in [-0.05, 0) is 18.9 Å². The van der Waals surface area contributed by atoms with Crippen molar-refractivity contribution in [1.29, 1.82) is 0 Å². The number of aromatic nitrogens is 7. The summed E-state index contributed by atoms with van der Waals surface area (Å²) in [6.07, 6.45) is 0.411. The highest BCUT2D eigenvalue weighted by atomic mass is 35.5. The average Bonchev–Trinajstić information content (AvgIpc) is 3.22. The number of aliphatic hydroxyl groups excluding tert-OH is 1. The highest BCUT2D eigenvalue weighted by molar-refractivity contribution is 6.32. The first-order chi connectivity index (χ1) is 16.2. The number of amides is 2. The summed E-state index contributed by atoms with van der Waals surface area (Å²) in [5.74, 6) is 0.230. The van der Waals surface area contributed by atoms with E-state index in [1.165, 1.54) is 35.5 Å². The molecule has 176 valence electrons. The predicted molar refractivity (Wildman–Crippen MR) is 113 cm³/mol. The van der Waals surface area contributed by atoms with Gasteiger partial charge in [-0.3, -0.25) is 0 Å². The smallest absolute Gasteiger partial charge is 0.390 e. The second-order valence-electron chi connectivity index (χ2n) is 7.59. The van der Waals surface area contributed by atoms with Gasteiger partial charge in [0.25, 0.3) is 0 Å². The standard InChI is InChI=1S/C19H15ClF3N9O2/c20-12-5-10(7-25-16(12)32-26-3-4-27-32)28-17(34)29-13-8-24-14-6-11(9-33)30-31(14)15(13)18(1-2-18)19(21,22)23/h3-8,33H,1-2,9H2,(H2,28,29,34). The van der Waals surface area contributed by atoms with Crippen LogP contribution < -0.4 is 10.6 Å². The largest absolute Gasteiger partial charge is 0.400 e. The topological polar surface area (TPSA) is 135 Å². The van der Waals surface area contributed by atoms with E-state index in [9.17, 15) is 23.1 Å². The molecule has 3 N–H and O–H groups in total. The van der Waals surface area contributed by atoms with Crippen molar-refractivity contribution in [2.24, 2.45) is 0 Å². The van der Waals surface area contributed by atoms with Crippen molar-refractivity contribution in [3.05, 3.63) is 53.3 Å². The first-order valence-corrected chi connectivity index (χ1v) is 10.3. The molecular formula is C19H15ClF3N9O2. The van der Waals surface area contributed by atoms with Crippen molar-refractivity contribution in [3.8, 4) is 5.82 Å². The highest BCUT2D eigenvalue weighted by Gasteiger charge is 2.66. The average molecular weight is 494 g/mol. The number of anilines is 2. The fraction of sp³-hybridized carbons (Fsp3) is 0.263. The molecule has 4 heterocycles. The third-order valence-electron chi connectivity index (χ3n) is 5.38. The molecular weight excluding hydrogens is 479 g/mol. The summed E-state index contributed by atoms with van der Waals surface area (Å²) in [6.45, 7) is -0.469. The van der Waals surface area contributed by atoms with Crippen LogP contribution in [0, 0.1) is 0 Å². The molecule has 2 amide bonds. The summed E-state index contributed by atoms with van der Waals surface area (Å²) in [5, 5.41) is 26.3. The molecule has 0 aliphatic heterocycles. The number of alkyl halides is 3. The molecule has 15 heteroatoms. The zero-order valence-corrected chi connectivity index (χ0v) is 17.8. The number of fused-ring (bicyclic) bond motifs is 1. The van der Waals surface area contributed by atoms with Gasteiger partial charge < -0.3 is 15.7 Å². The van der Waals surface area contributed by atoms with Gasteiger partial charge in [0.05, 0.1) is 59.2 Å². The molecule has 4 aromatic rings. The molecule has 0 unspecified atom stereocenters. The molecule has 0 spiro atoms. The van der Waals surface area contributed by atoms with Gasteiger partial charge in [-0.15, -0.1) is 4.80 Å². The molecule has 0 atom stereocenters. The minimum Gasteiger partial charge on any atom is -0.390 e. The Morgan fingerprint density at radius 2 is 1.88 bits per heavy atom. The summed E-state index contributed by atoms with van der Waals surface area (Å²) in [4.78, 5) is 22.0. The summed E-state index contributed by atoms with van der Waals surface area (Å²) in [5.41, 5.74) is -2.13. The SMILES string of the molecule is O=C(Nc1cnc(-n2nccn2)c(Cl)c1)Nc1cnc2cc(CO)nn2c1C1(C(F)(F)F)CC1. The number of nitrogens with zero attached hydrogens (tertiary/aromatic N) is 7. The molecule has 1 aliphatic rings. The highest BCUT2D eigenvalue weighted by Crippen LogP contribution is 2.60. The van der Waals surface area contributed by atoms with Gasteiger partial charge in [-0.2, -0.15) is 28.5 Å². The number of carbonyl (C=O) groups is 1. The van der Waals surface area contributed by atoms with Crippen molar-refractivity contribution >= 4 is 34.7 Å². The van der Waals surface area contributed by atoms with Gasteiger partial charge in [-0.25, -0.2) is 19.3 Å². The van der Waals surface area contributed by atoms with Gasteiger partial charge in [0.2, 0.25) is 0 Å². The Labute approximate surface area is 193 Å². The molecule has 11 nitrogen and oxygen atoms in total. The van der Waals surface area contributed by atoms with E-state index in [1.807, 2.05) is 0 Å². The maximum absolute atomic E-state index is 14.0. The van der Waals surface area contributed by atoms with E-state index in [-0.39, 0.29) is 52.1 Å². The quantitative estimate of drug-likeness (QED) is 0.389. The first-order valence-electron chi connectivity index (χ1n) is 9.88. The molecule has 1 aliphatic carbocycles. The summed E-state index contributed by atoms with van der Waals surface area (Å²) in [7, 11) is 0. The Morgan fingerprint density at radius 3 is 2.50 bits per heavy atom. The van der Waals surface area contributed by atoms with Crippen LogP contribution in [0.15, 0.2) is 36.9 Å². The molecule has 0 aromatic carbocycles. The van der Waals surface area contributed by atoms with E-state index in [0.29, 0.717) is 0 Å². The number of hydrogen-bond acceptors (Lipinski definition) is 7. The van der Waals surface area contributed by atoms with E-state index in [0.717, 1.165) is 10.7 Å². The van der Waals surface area contributed by atoms with E-state index < -0.39 is 24.2 Å². The van der Waals surface area contributed by atoms with Crippen molar-refractivity contribution < 1.29 is 23.1 Å². The first kappa shape index (κ1) is 22.0. The molecule has 0 radical (unpaired) electrons. The van der Waals surface area contributed by atoms with Crippen LogP contribution >= 0.6 is 11.6 Å². The lowest BCUT2D eigenvalue weighted by Gasteiger charge is -2.23. The lowest BCUT2D eigenvalue weighted by Crippen LogP contribution is -2.33. The number of rotatable bonds is 5. The lowest BCUT2D eigenvalue weighted by molar-refractivity contribution is -0.161. The van der Waals surface area contributed by atoms with Crippen molar-refractivity contribution in [2.75, 3.05) is 10.6 Å². The predicted octanol–water partition coefficient (Wildman–Crippen LogP) is 3.09. The summed E-state index contributed by atoms with van der Waals surface area (Å²) >= 11 is 6.19. The summed E-state index contributed by atoms with van der Waals surface area (Å²) < 4.78 is 43.0. The van der Waals surface area contributed by atoms with Crippen molar-refractivity contribution in [3.63, 3.8) is 0 Å². The molecule has 1 saturated carbocycles. The van der Waals surface area contributed by atoms with Crippen LogP contribution in [0.3, 0.4) is 0 Å². The molecule has 5 rings (SSSR count). The Morgan fingerprint density at radius 1 is 1.15 bits per heavy atom. The number of aliphatic hydroxyl groups is 1. The molecule has 4 aromatic heterocycles. The monoisotopic (exact) mass is 493 g/mol. The van der Waals surface area contributed by atoms with Crippen LogP contribution in [0.2, 0.25) is 5.02 Å². The van der Waals surface area contributed by atoms with Gasteiger partial charge >= 0.3 is 12.2 Å². The van der Waals surface area contributed by atoms with E-state index in [4.69, 9.17) is 11.6 Å². The van der Waals surface area contributed by atoms with Crippen molar-refractivity contribution in [2.45, 2.75) is 31.0 Å². The molecule has 0 bridgehead atoms. The van der Waals surface area contributed by atoms with E-state index in [2.05, 4.69) is 35.9 Å². The fourth-order valence-electron chi connectivity index (χ4n) is 3.65. The third kappa shape index (κ3) is 3.70. The Balaban J connectivity index is 1.45. The maximum atomic E-state index is 14.0. The zero-order valence-electron chi connectivity index (χ0n) is 17.1. The van der Waals surface area contributed by atoms with Gasteiger partial charge in [0, 0.05) is 6.07 Å². The Hall–Kier alpha value is -3.78. The van der Waals surface area contributed by atoms with Crippen LogP contribution in [-0.2, 0) is 12.0 Å². The Bertz CT molecular complexity index is 1380. The fourth-order valence-corrected chi connectivity index (χ4v) is 3.89. The zero-order chi connectivity index (χ0) is 24.1. The second kappa shape index (κ2) is 7.92. The van der Waals surface area contributed by atoms with E-state index >= 15 is 0 Å². The second-order valence-corrected chi connectivity index (χ2v) is 8.00. The molecule has 34 heavy (non-hydrogen) atoms. The molecule has 0 saturated heterocycles. The van der Waals surface area contributed by atoms with Crippen LogP contribution in [0.5, 0.6) is 0 Å². The normalized spacial score (nSPS) is 14.9. The maximum Gasteiger partial charge on any atom is 0.400 e. The van der Waals surface area contributed by atoms with Gasteiger partial charge in [0.1, 0.15) is 5.41 Å². The number of halogens is 4. The minimum atomic E-state index is -4.58. The number of pyridine rings is 1. The minimum absolute atomic E-state index is 0.124. The van der Waals surface area contributed by atoms with E-state index in [1.54, 1.807) is 0 Å². The summed E-state index contributed by atoms with van der Waals surface area (Å²) in [6, 6.07) is 1.94. The van der Waals surface area contributed by atoms with Crippen LogP contribution in [-0.4, -0.2) is 51.9 Å². The van der Waals surface area contributed by atoms with Gasteiger partial charge in [-0.1, -0.05) is 11.6 Å². The third-order valence-corrected chi connectivity index (χ3v) is 5.66. The lowest BCUT2D eigenvalue weighted by atomic mass is 10.00. The number of carbonyl (C=O) groups excluding carboxylic acids is 1. The number of nitrogens with one attached hydrogen (secondary N) is 2. The van der Waals surface area contributed by atoms with Gasteiger partial charge in [0.15, 0.2) is 11.5 Å². The number of hydrogen-bond donors (Lipinski definition) is 3. The van der Waals surface area contributed by atoms with Crippen LogP contribution in [0.4, 0.5) is 29.3 Å². The van der Waals surface area contributed by atoms with Crippen molar-refractivity contribution in [1.82, 2.24) is 34.6 Å². The van der Waals surface area contributed by atoms with Crippen LogP contribution in [0.1, 0.15) is 24.2 Å². The Kier molecular flexibility index (Phi) is 5.13. The molecule has 1 fully saturated rings. The van der Waals surface area contributed by atoms with Crippen LogP contribution in [0.25, 0.3) is 11.5 Å². The number of urea groups is 1.